The minimum absolute atomic E-state index is 0.773. The fraction of sp³-hybridized carbons (Fsp3) is 0.0435. The van der Waals surface area contributed by atoms with Crippen LogP contribution < -0.4 is 9.80 Å². The summed E-state index contributed by atoms with van der Waals surface area (Å²) in [5, 5.41) is 6.61. The Morgan fingerprint density at radius 1 is 0.420 bits per heavy atom. The van der Waals surface area contributed by atoms with Crippen LogP contribution in [0.5, 0.6) is 0 Å². The van der Waals surface area contributed by atoms with E-state index >= 15 is 0 Å². The van der Waals surface area contributed by atoms with E-state index in [1.165, 1.54) is 5.70 Å². The van der Waals surface area contributed by atoms with Crippen molar-refractivity contribution in [1.29, 1.82) is 0 Å². The standard InChI is InChI=1S/C46H32N2O2/c1-5-15-31(16-6-1)47(32-17-7-2-8-18-32)35-25-27-39-41(29-35)49-45-43(39)37-23-13-14-24-38(37)44-40-28-26-36(30-42(40)50-46(44)45)48(33-19-9-3-10-20-33)34-21-11-4-12-22-34/h1-11,13-21,23-30H,12,22H2. The zero-order valence-electron chi connectivity index (χ0n) is 27.3. The Kier molecular flexibility index (Phi) is 6.59. The quantitative estimate of drug-likeness (QED) is 0.180. The molecule has 238 valence electrons. The lowest BCUT2D eigenvalue weighted by molar-refractivity contribution is 0.633. The van der Waals surface area contributed by atoms with Gasteiger partial charge >= 0.3 is 0 Å². The molecule has 0 fully saturated rings. The lowest BCUT2D eigenvalue weighted by atomic mass is 9.98. The van der Waals surface area contributed by atoms with Crippen molar-refractivity contribution >= 4 is 83.1 Å². The van der Waals surface area contributed by atoms with Crippen molar-refractivity contribution in [3.63, 3.8) is 0 Å². The molecular formula is C46H32N2O2. The first-order valence-corrected chi connectivity index (χ1v) is 17.2. The molecule has 0 bridgehead atoms. The third-order valence-corrected chi connectivity index (χ3v) is 9.86. The van der Waals surface area contributed by atoms with Crippen LogP contribution in [0.25, 0.3) is 54.6 Å². The number of hydrogen-bond acceptors (Lipinski definition) is 4. The van der Waals surface area contributed by atoms with Gasteiger partial charge in [0, 0.05) is 67.8 Å². The van der Waals surface area contributed by atoms with Crippen molar-refractivity contribution in [2.75, 3.05) is 9.80 Å². The first-order valence-electron chi connectivity index (χ1n) is 17.2. The maximum absolute atomic E-state index is 6.87. The number of fused-ring (bicyclic) bond motifs is 10. The first kappa shape index (κ1) is 28.5. The van der Waals surface area contributed by atoms with Crippen LogP contribution in [-0.4, -0.2) is 0 Å². The molecule has 4 nitrogen and oxygen atoms in total. The lowest BCUT2D eigenvalue weighted by Crippen LogP contribution is -2.17. The van der Waals surface area contributed by atoms with Crippen molar-refractivity contribution in [3.8, 4) is 0 Å². The number of benzene rings is 7. The van der Waals surface area contributed by atoms with E-state index in [1.807, 2.05) is 12.1 Å². The highest BCUT2D eigenvalue weighted by molar-refractivity contribution is 6.33. The average molecular weight is 645 g/mol. The minimum atomic E-state index is 0.773. The van der Waals surface area contributed by atoms with Gasteiger partial charge in [-0.1, -0.05) is 91.0 Å². The molecule has 0 unspecified atom stereocenters. The Bertz CT molecular complexity index is 2720. The van der Waals surface area contributed by atoms with Gasteiger partial charge in [-0.15, -0.1) is 0 Å². The van der Waals surface area contributed by atoms with E-state index in [9.17, 15) is 0 Å². The van der Waals surface area contributed by atoms with Crippen molar-refractivity contribution in [2.24, 2.45) is 0 Å². The first-order chi connectivity index (χ1) is 24.8. The number of furan rings is 2. The molecule has 9 aromatic rings. The van der Waals surface area contributed by atoms with Gasteiger partial charge in [0.15, 0.2) is 11.2 Å². The summed E-state index contributed by atoms with van der Waals surface area (Å²) in [6, 6.07) is 53.3. The fourth-order valence-electron chi connectivity index (χ4n) is 7.66. The molecule has 0 amide bonds. The van der Waals surface area contributed by atoms with Crippen LogP contribution in [0, 0.1) is 0 Å². The molecule has 7 aromatic carbocycles. The number of allylic oxidation sites excluding steroid dienone is 4. The smallest absolute Gasteiger partial charge is 0.179 e. The second-order valence-corrected chi connectivity index (χ2v) is 12.8. The molecule has 0 saturated carbocycles. The third-order valence-electron chi connectivity index (χ3n) is 9.86. The molecule has 0 radical (unpaired) electrons. The number of nitrogens with zero attached hydrogens (tertiary/aromatic N) is 2. The average Bonchev–Trinajstić information content (AvgIpc) is 3.76. The summed E-state index contributed by atoms with van der Waals surface area (Å²) in [5.41, 5.74) is 9.86. The number of rotatable bonds is 6. The molecule has 1 aliphatic rings. The van der Waals surface area contributed by atoms with Crippen LogP contribution in [0.3, 0.4) is 0 Å². The van der Waals surface area contributed by atoms with Gasteiger partial charge in [-0.3, -0.25) is 0 Å². The van der Waals surface area contributed by atoms with Crippen LogP contribution in [0.4, 0.5) is 28.4 Å². The molecule has 1 aliphatic carbocycles. The van der Waals surface area contributed by atoms with Gasteiger partial charge in [-0.05, 0) is 90.4 Å². The fourth-order valence-corrected chi connectivity index (χ4v) is 7.66. The normalized spacial score (nSPS) is 13.1. The summed E-state index contributed by atoms with van der Waals surface area (Å²) in [4.78, 5) is 4.61. The van der Waals surface area contributed by atoms with Gasteiger partial charge in [-0.25, -0.2) is 0 Å². The number of anilines is 5. The van der Waals surface area contributed by atoms with Crippen LogP contribution in [0.2, 0.25) is 0 Å². The van der Waals surface area contributed by atoms with E-state index in [0.29, 0.717) is 0 Å². The zero-order valence-corrected chi connectivity index (χ0v) is 27.3. The number of para-hydroxylation sites is 3. The molecule has 10 rings (SSSR count). The van der Waals surface area contributed by atoms with Gasteiger partial charge < -0.3 is 18.6 Å². The van der Waals surface area contributed by atoms with E-state index in [2.05, 4.69) is 168 Å². The van der Waals surface area contributed by atoms with Gasteiger partial charge in [-0.2, -0.15) is 0 Å². The molecule has 0 spiro atoms. The topological polar surface area (TPSA) is 32.8 Å². The maximum Gasteiger partial charge on any atom is 0.179 e. The Hall–Kier alpha value is -6.52. The molecule has 0 N–H and O–H groups in total. The predicted molar refractivity (Wildman–Crippen MR) is 208 cm³/mol. The summed E-state index contributed by atoms with van der Waals surface area (Å²) in [5.74, 6) is 0. The Morgan fingerprint density at radius 3 is 1.36 bits per heavy atom. The maximum atomic E-state index is 6.87. The van der Waals surface area contributed by atoms with Gasteiger partial charge in [0.1, 0.15) is 11.2 Å². The SMILES string of the molecule is C1=CCCC(N(c2ccccc2)c2ccc3c(c2)oc2c4oc5cc(N(c6ccccc6)c6ccccc6)ccc5c4c4ccccc4c32)=C1. The summed E-state index contributed by atoms with van der Waals surface area (Å²) in [7, 11) is 0. The summed E-state index contributed by atoms with van der Waals surface area (Å²) < 4.78 is 13.7. The second-order valence-electron chi connectivity index (χ2n) is 12.8. The predicted octanol–water partition coefficient (Wildman–Crippen LogP) is 13.5. The van der Waals surface area contributed by atoms with Crippen LogP contribution >= 0.6 is 0 Å². The third kappa shape index (κ3) is 4.53. The molecule has 0 atom stereocenters. The minimum Gasteiger partial charge on any atom is -0.452 e. The highest BCUT2D eigenvalue weighted by Gasteiger charge is 2.23. The molecule has 50 heavy (non-hydrogen) atoms. The van der Waals surface area contributed by atoms with Gasteiger partial charge in [0.25, 0.3) is 0 Å². The molecule has 0 aliphatic heterocycles. The monoisotopic (exact) mass is 644 g/mol. The Balaban J connectivity index is 1.20. The van der Waals surface area contributed by atoms with Crippen molar-refractivity contribution in [1.82, 2.24) is 0 Å². The number of hydrogen-bond donors (Lipinski definition) is 0. The highest BCUT2D eigenvalue weighted by atomic mass is 16.4. The van der Waals surface area contributed by atoms with Crippen LogP contribution in [0.15, 0.2) is 184 Å². The van der Waals surface area contributed by atoms with Crippen molar-refractivity contribution in [2.45, 2.75) is 12.8 Å². The zero-order chi connectivity index (χ0) is 33.0. The Labute approximate surface area is 289 Å². The second kappa shape index (κ2) is 11.6. The summed E-state index contributed by atoms with van der Waals surface area (Å²) in [6.07, 6.45) is 8.59. The molecule has 0 saturated heterocycles. The Morgan fingerprint density at radius 2 is 0.880 bits per heavy atom. The molecule has 2 heterocycles. The van der Waals surface area contributed by atoms with Crippen molar-refractivity contribution < 1.29 is 8.83 Å². The van der Waals surface area contributed by atoms with E-state index < -0.39 is 0 Å². The van der Waals surface area contributed by atoms with E-state index in [0.717, 1.165) is 95.9 Å². The van der Waals surface area contributed by atoms with Crippen molar-refractivity contribution in [3.05, 3.63) is 176 Å². The van der Waals surface area contributed by atoms with E-state index in [1.54, 1.807) is 0 Å². The van der Waals surface area contributed by atoms with Crippen LogP contribution in [0.1, 0.15) is 12.8 Å². The summed E-state index contributed by atoms with van der Waals surface area (Å²) >= 11 is 0. The highest BCUT2D eigenvalue weighted by Crippen LogP contribution is 2.47. The molecule has 4 heteroatoms. The summed E-state index contributed by atoms with van der Waals surface area (Å²) in [6.45, 7) is 0. The van der Waals surface area contributed by atoms with E-state index in [-0.39, 0.29) is 0 Å². The largest absolute Gasteiger partial charge is 0.452 e. The van der Waals surface area contributed by atoms with E-state index in [4.69, 9.17) is 8.83 Å². The molecule has 2 aromatic heterocycles. The molecular weight excluding hydrogens is 613 g/mol. The van der Waals surface area contributed by atoms with Gasteiger partial charge in [0.05, 0.1) is 0 Å². The van der Waals surface area contributed by atoms with Crippen LogP contribution in [-0.2, 0) is 0 Å². The lowest BCUT2D eigenvalue weighted by Gasteiger charge is -2.28. The van der Waals surface area contributed by atoms with Gasteiger partial charge in [0.2, 0.25) is 0 Å².